The number of amides is 1. The quantitative estimate of drug-likeness (QED) is 0.552. The molecule has 3 atom stereocenters. The molecule has 1 unspecified atom stereocenters. The van der Waals surface area contributed by atoms with Crippen LogP contribution in [0.25, 0.3) is 0 Å². The van der Waals surface area contributed by atoms with Crippen molar-refractivity contribution in [2.24, 2.45) is 17.8 Å². The van der Waals surface area contributed by atoms with Gasteiger partial charge in [0.25, 0.3) is 0 Å². The molecule has 3 N–H and O–H groups in total. The molecule has 0 radical (unpaired) electrons. The second-order valence-corrected chi connectivity index (χ2v) is 7.44. The summed E-state index contributed by atoms with van der Waals surface area (Å²) < 4.78 is 24.1. The third kappa shape index (κ3) is 6.01. The van der Waals surface area contributed by atoms with Gasteiger partial charge in [0.15, 0.2) is 0 Å². The van der Waals surface area contributed by atoms with Crippen molar-refractivity contribution in [2.75, 3.05) is 19.3 Å². The summed E-state index contributed by atoms with van der Waals surface area (Å²) in [6.45, 7) is 2.59. The Morgan fingerprint density at radius 3 is 2.33 bits per heavy atom. The minimum absolute atomic E-state index is 0.238. The van der Waals surface area contributed by atoms with E-state index in [1.165, 1.54) is 0 Å². The van der Waals surface area contributed by atoms with Crippen molar-refractivity contribution in [1.29, 1.82) is 0 Å². The molecule has 0 bridgehead atoms. The molecule has 0 aromatic rings. The number of carboxylic acid groups (broad SMARTS) is 1. The van der Waals surface area contributed by atoms with Crippen LogP contribution in [0.2, 0.25) is 0 Å². The van der Waals surface area contributed by atoms with E-state index in [9.17, 15) is 23.1 Å². The van der Waals surface area contributed by atoms with Crippen LogP contribution in [-0.4, -0.2) is 44.7 Å². The number of carbonyl (C=O) groups excluding carboxylic acids is 1. The van der Waals surface area contributed by atoms with Gasteiger partial charge in [0.05, 0.1) is 18.1 Å². The van der Waals surface area contributed by atoms with Crippen LogP contribution in [0.1, 0.15) is 32.6 Å². The fourth-order valence-corrected chi connectivity index (χ4v) is 3.24. The Morgan fingerprint density at radius 2 is 1.81 bits per heavy atom. The minimum atomic E-state index is -3.21. The molecule has 0 heterocycles. The van der Waals surface area contributed by atoms with Gasteiger partial charge in [-0.3, -0.25) is 9.59 Å². The molecule has 1 aliphatic rings. The molecular weight excluding hydrogens is 296 g/mol. The van der Waals surface area contributed by atoms with Gasteiger partial charge < -0.3 is 10.4 Å². The van der Waals surface area contributed by atoms with Crippen molar-refractivity contribution in [1.82, 2.24) is 10.0 Å². The Bertz CT molecular complexity index is 477. The van der Waals surface area contributed by atoms with Gasteiger partial charge >= 0.3 is 5.97 Å². The van der Waals surface area contributed by atoms with Crippen molar-refractivity contribution in [2.45, 2.75) is 32.6 Å². The van der Waals surface area contributed by atoms with Crippen LogP contribution >= 0.6 is 0 Å². The number of hydrogen-bond donors (Lipinski definition) is 3. The number of rotatable bonds is 8. The molecule has 0 aromatic heterocycles. The molecule has 1 saturated carbocycles. The van der Waals surface area contributed by atoms with Crippen LogP contribution in [0.4, 0.5) is 0 Å². The van der Waals surface area contributed by atoms with Crippen LogP contribution in [-0.2, 0) is 19.6 Å². The van der Waals surface area contributed by atoms with Crippen molar-refractivity contribution in [3.05, 3.63) is 0 Å². The summed E-state index contributed by atoms with van der Waals surface area (Å²) in [6.07, 6.45) is 3.60. The van der Waals surface area contributed by atoms with Gasteiger partial charge in [-0.2, -0.15) is 0 Å². The molecule has 0 spiro atoms. The Labute approximate surface area is 125 Å². The van der Waals surface area contributed by atoms with E-state index >= 15 is 0 Å². The number of nitrogens with one attached hydrogen (secondary N) is 2. The first-order valence-corrected chi connectivity index (χ1v) is 9.09. The highest BCUT2D eigenvalue weighted by molar-refractivity contribution is 7.88. The number of aliphatic carboxylic acids is 1. The Hall–Kier alpha value is -1.15. The van der Waals surface area contributed by atoms with E-state index < -0.39 is 27.8 Å². The standard InChI is InChI=1S/C13H24N2O5S/c1-3-9-7-10(11(8-9)13(17)18)12(16)14-5-4-6-15-21(2,19)20/h9-11,15H,3-8H2,1-2H3,(H,14,16)(H,17,18)/t9?,10-,11+/m0/s1. The van der Waals surface area contributed by atoms with E-state index in [4.69, 9.17) is 0 Å². The highest BCUT2D eigenvalue weighted by Crippen LogP contribution is 2.38. The fourth-order valence-electron chi connectivity index (χ4n) is 2.73. The lowest BCUT2D eigenvalue weighted by molar-refractivity contribution is -0.146. The average Bonchev–Trinajstić information content (AvgIpc) is 2.81. The van der Waals surface area contributed by atoms with Gasteiger partial charge in [-0.25, -0.2) is 13.1 Å². The molecule has 8 heteroatoms. The van der Waals surface area contributed by atoms with E-state index in [-0.39, 0.29) is 18.4 Å². The van der Waals surface area contributed by atoms with E-state index in [0.717, 1.165) is 12.7 Å². The second kappa shape index (κ2) is 7.74. The predicted octanol–water partition coefficient (Wildman–Crippen LogP) is 0.179. The van der Waals surface area contributed by atoms with Crippen LogP contribution in [0.3, 0.4) is 0 Å². The lowest BCUT2D eigenvalue weighted by Gasteiger charge is -2.15. The van der Waals surface area contributed by atoms with Gasteiger partial charge in [0.1, 0.15) is 0 Å². The summed E-state index contributed by atoms with van der Waals surface area (Å²) in [5.41, 5.74) is 0. The van der Waals surface area contributed by atoms with Gasteiger partial charge in [-0.15, -0.1) is 0 Å². The molecule has 122 valence electrons. The van der Waals surface area contributed by atoms with E-state index in [1.54, 1.807) is 0 Å². The van der Waals surface area contributed by atoms with E-state index in [1.807, 2.05) is 6.92 Å². The van der Waals surface area contributed by atoms with Crippen LogP contribution in [0, 0.1) is 17.8 Å². The van der Waals surface area contributed by atoms with Gasteiger partial charge in [0, 0.05) is 13.1 Å². The Balaban J connectivity index is 2.38. The summed E-state index contributed by atoms with van der Waals surface area (Å²) in [5, 5.41) is 11.9. The highest BCUT2D eigenvalue weighted by Gasteiger charge is 2.41. The first-order valence-electron chi connectivity index (χ1n) is 7.19. The van der Waals surface area contributed by atoms with Crippen LogP contribution in [0.5, 0.6) is 0 Å². The first kappa shape index (κ1) is 17.9. The van der Waals surface area contributed by atoms with E-state index in [2.05, 4.69) is 10.0 Å². The number of carboxylic acids is 1. The molecule has 7 nitrogen and oxygen atoms in total. The highest BCUT2D eigenvalue weighted by atomic mass is 32.2. The van der Waals surface area contributed by atoms with Crippen molar-refractivity contribution in [3.8, 4) is 0 Å². The van der Waals surface area contributed by atoms with Crippen LogP contribution < -0.4 is 10.0 Å². The largest absolute Gasteiger partial charge is 0.481 e. The molecule has 0 aromatic carbocycles. The van der Waals surface area contributed by atoms with E-state index in [0.29, 0.717) is 25.8 Å². The molecule has 1 aliphatic carbocycles. The Morgan fingerprint density at radius 1 is 1.19 bits per heavy atom. The van der Waals surface area contributed by atoms with Crippen molar-refractivity contribution >= 4 is 21.9 Å². The van der Waals surface area contributed by atoms with Crippen LogP contribution in [0.15, 0.2) is 0 Å². The first-order chi connectivity index (χ1) is 9.74. The zero-order chi connectivity index (χ0) is 16.0. The molecule has 1 fully saturated rings. The minimum Gasteiger partial charge on any atom is -0.481 e. The zero-order valence-electron chi connectivity index (χ0n) is 12.5. The summed E-state index contributed by atoms with van der Waals surface area (Å²) in [5.74, 6) is -1.95. The molecule has 21 heavy (non-hydrogen) atoms. The fraction of sp³-hybridized carbons (Fsp3) is 0.846. The maximum absolute atomic E-state index is 12.1. The second-order valence-electron chi connectivity index (χ2n) is 5.61. The molecule has 0 aliphatic heterocycles. The lowest BCUT2D eigenvalue weighted by atomic mass is 9.95. The van der Waals surface area contributed by atoms with Gasteiger partial charge in [0.2, 0.25) is 15.9 Å². The molecule has 1 rings (SSSR count). The zero-order valence-corrected chi connectivity index (χ0v) is 13.3. The smallest absolute Gasteiger partial charge is 0.307 e. The third-order valence-electron chi connectivity index (χ3n) is 3.91. The summed E-state index contributed by atoms with van der Waals surface area (Å²) >= 11 is 0. The maximum Gasteiger partial charge on any atom is 0.307 e. The third-order valence-corrected chi connectivity index (χ3v) is 4.64. The number of hydrogen-bond acceptors (Lipinski definition) is 4. The van der Waals surface area contributed by atoms with Crippen molar-refractivity contribution in [3.63, 3.8) is 0 Å². The summed E-state index contributed by atoms with van der Waals surface area (Å²) in [4.78, 5) is 23.3. The molecular formula is C13H24N2O5S. The number of sulfonamides is 1. The summed E-state index contributed by atoms with van der Waals surface area (Å²) in [7, 11) is -3.21. The Kier molecular flexibility index (Phi) is 6.60. The average molecular weight is 320 g/mol. The number of carbonyl (C=O) groups is 2. The monoisotopic (exact) mass is 320 g/mol. The normalized spacial score (nSPS) is 25.7. The van der Waals surface area contributed by atoms with Gasteiger partial charge in [-0.1, -0.05) is 13.3 Å². The molecule has 1 amide bonds. The molecule has 0 saturated heterocycles. The maximum atomic E-state index is 12.1. The predicted molar refractivity (Wildman–Crippen MR) is 78.1 cm³/mol. The van der Waals surface area contributed by atoms with Crippen molar-refractivity contribution < 1.29 is 23.1 Å². The lowest BCUT2D eigenvalue weighted by Crippen LogP contribution is -2.36. The van der Waals surface area contributed by atoms with Gasteiger partial charge in [-0.05, 0) is 25.2 Å². The SMILES string of the molecule is CCC1C[C@H](C(=O)NCCCNS(C)(=O)=O)[C@H](C(=O)O)C1. The topological polar surface area (TPSA) is 113 Å². The summed E-state index contributed by atoms with van der Waals surface area (Å²) in [6, 6.07) is 0.